The first-order valence-corrected chi connectivity index (χ1v) is 18.9. The molecule has 5 nitrogen and oxygen atoms in total. The molecular weight excluding hydrogens is 681 g/mol. The monoisotopic (exact) mass is 710 g/mol. The summed E-state index contributed by atoms with van der Waals surface area (Å²) in [6, 6.07) is 59.1. The molecule has 54 heavy (non-hydrogen) atoms. The molecule has 0 spiro atoms. The van der Waals surface area contributed by atoms with Gasteiger partial charge in [-0.3, -0.25) is 0 Å². The number of furan rings is 1. The van der Waals surface area contributed by atoms with E-state index in [2.05, 4.69) is 139 Å². The van der Waals surface area contributed by atoms with E-state index in [1.807, 2.05) is 47.7 Å². The van der Waals surface area contributed by atoms with E-state index in [4.69, 9.17) is 19.4 Å². The Morgan fingerprint density at radius 1 is 0.519 bits per heavy atom. The Morgan fingerprint density at radius 3 is 1.98 bits per heavy atom. The average molecular weight is 711 g/mol. The first-order valence-electron chi connectivity index (χ1n) is 18.0. The molecule has 0 saturated carbocycles. The number of para-hydroxylation sites is 2. The number of nitrogens with zero attached hydrogens (tertiary/aromatic N) is 3. The van der Waals surface area contributed by atoms with Crippen LogP contribution in [0.1, 0.15) is 22.9 Å². The molecule has 0 aliphatic carbocycles. The van der Waals surface area contributed by atoms with Crippen molar-refractivity contribution >= 4 is 76.0 Å². The zero-order chi connectivity index (χ0) is 35.6. The number of nitrogens with one attached hydrogen (secondary N) is 1. The summed E-state index contributed by atoms with van der Waals surface area (Å²) in [5, 5.41) is 9.53. The number of pyridine rings is 1. The van der Waals surface area contributed by atoms with Crippen LogP contribution in [-0.4, -0.2) is 16.7 Å². The van der Waals surface area contributed by atoms with Crippen LogP contribution in [0.25, 0.3) is 75.4 Å². The SMILES string of the molecule is c1ccc(C2=NC(c3cccc4c3sc3ccccc34)NC(c3ccc(-c4ccc(-c5nc6ccccc6c6c5oc5ccccc56)cc4)cc3)=N2)cc1. The van der Waals surface area contributed by atoms with E-state index in [0.29, 0.717) is 5.84 Å². The van der Waals surface area contributed by atoms with Gasteiger partial charge in [-0.25, -0.2) is 15.0 Å². The van der Waals surface area contributed by atoms with Crippen LogP contribution in [0.15, 0.2) is 184 Å². The van der Waals surface area contributed by atoms with Gasteiger partial charge in [0.05, 0.1) is 5.52 Å². The van der Waals surface area contributed by atoms with E-state index < -0.39 is 0 Å². The molecule has 0 bridgehead atoms. The molecule has 0 saturated heterocycles. The molecular formula is C48H30N4OS. The highest BCUT2D eigenvalue weighted by atomic mass is 32.1. The molecule has 1 aliphatic heterocycles. The molecule has 7 aromatic carbocycles. The summed E-state index contributed by atoms with van der Waals surface area (Å²) in [5.41, 5.74) is 9.86. The van der Waals surface area contributed by atoms with Crippen LogP contribution in [0, 0.1) is 0 Å². The lowest BCUT2D eigenvalue weighted by Gasteiger charge is -2.24. The van der Waals surface area contributed by atoms with E-state index in [0.717, 1.165) is 77.8 Å². The maximum atomic E-state index is 6.45. The molecule has 11 rings (SSSR count). The van der Waals surface area contributed by atoms with Gasteiger partial charge in [0.1, 0.15) is 23.3 Å². The summed E-state index contributed by atoms with van der Waals surface area (Å²) in [5.74, 6) is 1.51. The van der Waals surface area contributed by atoms with Crippen molar-refractivity contribution in [2.75, 3.05) is 0 Å². The number of aliphatic imine (C=N–C) groups is 2. The number of benzene rings is 7. The van der Waals surface area contributed by atoms with Gasteiger partial charge in [-0.15, -0.1) is 11.3 Å². The number of hydrogen-bond donors (Lipinski definition) is 1. The lowest BCUT2D eigenvalue weighted by Crippen LogP contribution is -2.33. The minimum Gasteiger partial charge on any atom is -0.454 e. The van der Waals surface area contributed by atoms with Crippen LogP contribution in [0.4, 0.5) is 0 Å². The van der Waals surface area contributed by atoms with E-state index in [-0.39, 0.29) is 6.17 Å². The second-order valence-electron chi connectivity index (χ2n) is 13.6. The molecule has 10 aromatic rings. The summed E-state index contributed by atoms with van der Waals surface area (Å²) in [7, 11) is 0. The number of aromatic nitrogens is 1. The first-order chi connectivity index (χ1) is 26.7. The fourth-order valence-corrected chi connectivity index (χ4v) is 8.97. The Balaban J connectivity index is 0.940. The summed E-state index contributed by atoms with van der Waals surface area (Å²) in [4.78, 5) is 15.3. The first kappa shape index (κ1) is 30.7. The van der Waals surface area contributed by atoms with E-state index in [1.54, 1.807) is 0 Å². The Hall–Kier alpha value is -6.89. The number of rotatable bonds is 5. The van der Waals surface area contributed by atoms with Gasteiger partial charge in [-0.1, -0.05) is 152 Å². The summed E-state index contributed by atoms with van der Waals surface area (Å²) in [6.07, 6.45) is -0.293. The smallest absolute Gasteiger partial charge is 0.162 e. The third-order valence-corrected chi connectivity index (χ3v) is 11.6. The maximum absolute atomic E-state index is 6.45. The van der Waals surface area contributed by atoms with Crippen LogP contribution in [0.5, 0.6) is 0 Å². The molecule has 0 amide bonds. The Labute approximate surface area is 314 Å². The number of thiophene rings is 1. The van der Waals surface area contributed by atoms with E-state index >= 15 is 0 Å². The fourth-order valence-electron chi connectivity index (χ4n) is 7.73. The molecule has 254 valence electrons. The maximum Gasteiger partial charge on any atom is 0.162 e. The van der Waals surface area contributed by atoms with Crippen molar-refractivity contribution in [3.63, 3.8) is 0 Å². The number of amidine groups is 2. The van der Waals surface area contributed by atoms with Crippen LogP contribution in [-0.2, 0) is 0 Å². The fraction of sp³-hybridized carbons (Fsp3) is 0.0208. The van der Waals surface area contributed by atoms with Crippen molar-refractivity contribution in [1.29, 1.82) is 0 Å². The van der Waals surface area contributed by atoms with E-state index in [9.17, 15) is 0 Å². The molecule has 6 heteroatoms. The standard InChI is InChI=1S/C48H30N4OS/c1-2-11-32(12-3-1)46-50-47(52-48(51-46)38-17-10-16-35-34-13-6-9-20-41(34)54-45(35)38)33-27-23-30(24-28-33)29-21-25-31(26-22-29)43-44-42(36-14-4-7-18-39(36)49-43)37-15-5-8-19-40(37)53-44/h1-28,48H,(H,50,51,52). The quantitative estimate of drug-likeness (QED) is 0.193. The van der Waals surface area contributed by atoms with Crippen molar-refractivity contribution in [3.8, 4) is 22.4 Å². The lowest BCUT2D eigenvalue weighted by atomic mass is 9.99. The zero-order valence-corrected chi connectivity index (χ0v) is 29.7. The van der Waals surface area contributed by atoms with Crippen molar-refractivity contribution in [2.45, 2.75) is 6.17 Å². The largest absolute Gasteiger partial charge is 0.454 e. The topological polar surface area (TPSA) is 62.8 Å². The summed E-state index contributed by atoms with van der Waals surface area (Å²) in [6.45, 7) is 0. The third-order valence-electron chi connectivity index (χ3n) is 10.4. The highest BCUT2D eigenvalue weighted by Crippen LogP contribution is 2.41. The van der Waals surface area contributed by atoms with Gasteiger partial charge in [-0.2, -0.15) is 0 Å². The van der Waals surface area contributed by atoms with Crippen LogP contribution in [0.2, 0.25) is 0 Å². The highest BCUT2D eigenvalue weighted by molar-refractivity contribution is 7.26. The van der Waals surface area contributed by atoms with Gasteiger partial charge in [0.25, 0.3) is 0 Å². The predicted octanol–water partition coefficient (Wildman–Crippen LogP) is 12.3. The Bertz CT molecular complexity index is 3120. The van der Waals surface area contributed by atoms with Crippen molar-refractivity contribution < 1.29 is 4.42 Å². The lowest BCUT2D eigenvalue weighted by molar-refractivity contribution is 0.669. The normalized spacial score (nSPS) is 14.5. The minimum atomic E-state index is -0.293. The molecule has 1 N–H and O–H groups in total. The molecule has 4 heterocycles. The van der Waals surface area contributed by atoms with Gasteiger partial charge in [0.15, 0.2) is 11.4 Å². The number of fused-ring (bicyclic) bond motifs is 8. The second-order valence-corrected chi connectivity index (χ2v) is 14.6. The molecule has 0 radical (unpaired) electrons. The van der Waals surface area contributed by atoms with Gasteiger partial charge in [0, 0.05) is 58.6 Å². The average Bonchev–Trinajstić information content (AvgIpc) is 3.83. The zero-order valence-electron chi connectivity index (χ0n) is 28.9. The van der Waals surface area contributed by atoms with Crippen LogP contribution < -0.4 is 5.32 Å². The third kappa shape index (κ3) is 5.03. The van der Waals surface area contributed by atoms with Crippen LogP contribution >= 0.6 is 11.3 Å². The second kappa shape index (κ2) is 12.4. The minimum absolute atomic E-state index is 0.293. The van der Waals surface area contributed by atoms with Crippen molar-refractivity contribution in [3.05, 3.63) is 187 Å². The predicted molar refractivity (Wildman–Crippen MR) is 225 cm³/mol. The summed E-state index contributed by atoms with van der Waals surface area (Å²) < 4.78 is 8.97. The van der Waals surface area contributed by atoms with Crippen molar-refractivity contribution in [1.82, 2.24) is 10.3 Å². The Morgan fingerprint density at radius 2 is 1.17 bits per heavy atom. The molecule has 1 atom stereocenters. The van der Waals surface area contributed by atoms with E-state index in [1.165, 1.54) is 20.2 Å². The molecule has 1 unspecified atom stereocenters. The molecule has 3 aromatic heterocycles. The van der Waals surface area contributed by atoms with Gasteiger partial charge < -0.3 is 9.73 Å². The van der Waals surface area contributed by atoms with Crippen LogP contribution in [0.3, 0.4) is 0 Å². The van der Waals surface area contributed by atoms with Gasteiger partial charge in [-0.05, 0) is 29.3 Å². The summed E-state index contributed by atoms with van der Waals surface area (Å²) >= 11 is 1.82. The Kier molecular flexibility index (Phi) is 7.03. The molecule has 0 fully saturated rings. The molecule has 1 aliphatic rings. The van der Waals surface area contributed by atoms with Gasteiger partial charge in [0.2, 0.25) is 0 Å². The highest BCUT2D eigenvalue weighted by Gasteiger charge is 2.24. The van der Waals surface area contributed by atoms with Gasteiger partial charge >= 0.3 is 0 Å². The number of hydrogen-bond acceptors (Lipinski definition) is 6. The van der Waals surface area contributed by atoms with Crippen molar-refractivity contribution in [2.24, 2.45) is 9.98 Å².